The van der Waals surface area contributed by atoms with Crippen LogP contribution in [-0.4, -0.2) is 57.4 Å². The van der Waals surface area contributed by atoms with Crippen molar-refractivity contribution < 1.29 is 20.1 Å². The van der Waals surface area contributed by atoms with E-state index >= 15 is 0 Å². The van der Waals surface area contributed by atoms with Crippen molar-refractivity contribution in [2.75, 3.05) is 25.5 Å². The van der Waals surface area contributed by atoms with Crippen molar-refractivity contribution in [1.29, 1.82) is 0 Å². The summed E-state index contributed by atoms with van der Waals surface area (Å²) in [6.07, 6.45) is 3.50. The fourth-order valence-corrected chi connectivity index (χ4v) is 7.12. The summed E-state index contributed by atoms with van der Waals surface area (Å²) in [5.41, 5.74) is 0.735. The highest BCUT2D eigenvalue weighted by Crippen LogP contribution is 2.63. The normalized spacial score (nSPS) is 30.2. The van der Waals surface area contributed by atoms with Crippen LogP contribution in [0.15, 0.2) is 36.9 Å². The van der Waals surface area contributed by atoms with Gasteiger partial charge in [0.2, 0.25) is 5.91 Å². The number of carbonyl (C=O) groups excluding carboxylic acids is 1. The summed E-state index contributed by atoms with van der Waals surface area (Å²) >= 11 is 1.54. The fourth-order valence-electron chi connectivity index (χ4n) is 6.03. The van der Waals surface area contributed by atoms with E-state index in [1.807, 2.05) is 13.0 Å². The number of nitrogens with one attached hydrogen (secondary N) is 1. The van der Waals surface area contributed by atoms with Gasteiger partial charge in [0.25, 0.3) is 0 Å². The van der Waals surface area contributed by atoms with E-state index in [4.69, 9.17) is 4.98 Å². The second kappa shape index (κ2) is 9.32. The minimum Gasteiger partial charge on any atom is -0.508 e. The van der Waals surface area contributed by atoms with Crippen molar-refractivity contribution in [2.24, 2.45) is 16.7 Å². The first-order valence-electron chi connectivity index (χ1n) is 11.8. The topological polar surface area (TPSA) is 106 Å². The van der Waals surface area contributed by atoms with Crippen LogP contribution in [0.3, 0.4) is 0 Å². The molecule has 1 amide bonds. The number of hydrogen-bond acceptors (Lipinski definition) is 7. The fraction of sp³-hybridized carbons (Fsp3) is 0.538. The minimum absolute atomic E-state index is 0.0119. The first kappa shape index (κ1) is 24.7. The Morgan fingerprint density at radius 1 is 1.41 bits per heavy atom. The van der Waals surface area contributed by atoms with E-state index in [9.17, 15) is 20.1 Å². The highest BCUT2D eigenvalue weighted by atomic mass is 32.1. The molecule has 2 aliphatic rings. The van der Waals surface area contributed by atoms with Gasteiger partial charge in [-0.15, -0.1) is 17.9 Å². The largest absolute Gasteiger partial charge is 0.508 e. The van der Waals surface area contributed by atoms with Crippen molar-refractivity contribution in [3.05, 3.63) is 47.5 Å². The van der Waals surface area contributed by atoms with Crippen molar-refractivity contribution in [2.45, 2.75) is 51.6 Å². The smallest absolute Gasteiger partial charge is 0.223 e. The van der Waals surface area contributed by atoms with E-state index in [1.165, 1.54) is 0 Å². The van der Waals surface area contributed by atoms with E-state index in [2.05, 4.69) is 18.8 Å². The number of aromatic nitrogens is 1. The van der Waals surface area contributed by atoms with Crippen molar-refractivity contribution in [3.63, 3.8) is 0 Å². The van der Waals surface area contributed by atoms with Crippen molar-refractivity contribution >= 4 is 28.1 Å². The molecule has 7 nitrogen and oxygen atoms in total. The predicted molar refractivity (Wildman–Crippen MR) is 134 cm³/mol. The summed E-state index contributed by atoms with van der Waals surface area (Å²) in [4.78, 5) is 20.9. The third-order valence-electron chi connectivity index (χ3n) is 8.20. The molecule has 2 aliphatic carbocycles. The van der Waals surface area contributed by atoms with Gasteiger partial charge < -0.3 is 25.5 Å². The lowest BCUT2D eigenvalue weighted by atomic mass is 9.47. The summed E-state index contributed by atoms with van der Waals surface area (Å²) in [6.45, 7) is 8.30. The van der Waals surface area contributed by atoms with E-state index < -0.39 is 11.5 Å². The zero-order valence-electron chi connectivity index (χ0n) is 20.1. The molecule has 1 heterocycles. The van der Waals surface area contributed by atoms with Crippen LogP contribution in [0.2, 0.25) is 0 Å². The monoisotopic (exact) mass is 485 g/mol. The van der Waals surface area contributed by atoms with E-state index in [0.717, 1.165) is 22.7 Å². The number of aliphatic hydroxyl groups is 2. The Bertz CT molecular complexity index is 1070. The van der Waals surface area contributed by atoms with Crippen LogP contribution >= 0.6 is 11.3 Å². The molecule has 0 spiro atoms. The molecule has 5 atom stereocenters. The number of phenolic OH excluding ortho intramolecular Hbond substituents is 1. The van der Waals surface area contributed by atoms with Gasteiger partial charge in [0.15, 0.2) is 5.13 Å². The van der Waals surface area contributed by atoms with Gasteiger partial charge in [-0.2, -0.15) is 0 Å². The number of anilines is 2. The lowest BCUT2D eigenvalue weighted by Gasteiger charge is -2.58. The quantitative estimate of drug-likeness (QED) is 0.441. The molecule has 8 heteroatoms. The molecule has 1 aromatic heterocycles. The number of phenols is 1. The molecule has 1 aromatic carbocycles. The Morgan fingerprint density at radius 2 is 2.18 bits per heavy atom. The SMILES string of the molecule is C=CCN(C)C(=O)C[C@@H]1c2nc(Nc3cccc(O)c3)sc2C[C@@H]2[C@](C)(CO)[C@H](O)CC[C@]21C. The maximum absolute atomic E-state index is 13.2. The molecule has 4 rings (SSSR count). The van der Waals surface area contributed by atoms with Gasteiger partial charge in [-0.05, 0) is 42.7 Å². The second-order valence-corrected chi connectivity index (χ2v) is 11.4. The first-order valence-corrected chi connectivity index (χ1v) is 12.6. The minimum atomic E-state index is -0.651. The number of likely N-dealkylation sites (N-methyl/N-ethyl adjacent to an activating group) is 1. The summed E-state index contributed by atoms with van der Waals surface area (Å²) < 4.78 is 0. The van der Waals surface area contributed by atoms with E-state index in [-0.39, 0.29) is 35.5 Å². The molecule has 0 radical (unpaired) electrons. The van der Waals surface area contributed by atoms with Crippen LogP contribution in [-0.2, 0) is 11.2 Å². The number of benzene rings is 1. The molecule has 34 heavy (non-hydrogen) atoms. The van der Waals surface area contributed by atoms with Gasteiger partial charge in [0.1, 0.15) is 5.75 Å². The van der Waals surface area contributed by atoms with Crippen LogP contribution in [0.25, 0.3) is 0 Å². The predicted octanol–water partition coefficient (Wildman–Crippen LogP) is 4.04. The zero-order valence-corrected chi connectivity index (χ0v) is 20.9. The van der Waals surface area contributed by atoms with E-state index in [1.54, 1.807) is 47.6 Å². The van der Waals surface area contributed by atoms with Crippen molar-refractivity contribution in [3.8, 4) is 5.75 Å². The number of thiazole rings is 1. The highest BCUT2D eigenvalue weighted by Gasteiger charge is 2.59. The van der Waals surface area contributed by atoms with Crippen molar-refractivity contribution in [1.82, 2.24) is 9.88 Å². The summed E-state index contributed by atoms with van der Waals surface area (Å²) in [5, 5.41) is 35.1. The van der Waals surface area contributed by atoms with Gasteiger partial charge >= 0.3 is 0 Å². The molecular formula is C26H35N3O4S. The molecule has 4 N–H and O–H groups in total. The lowest BCUT2D eigenvalue weighted by molar-refractivity contribution is -0.146. The number of fused-ring (bicyclic) bond motifs is 2. The van der Waals surface area contributed by atoms with Crippen LogP contribution < -0.4 is 5.32 Å². The standard InChI is InChI=1S/C26H35N3O4S/c1-5-11-29(4)22(33)13-18-23-19(34-24(28-23)27-16-7-6-8-17(31)12-16)14-20-25(18,2)10-9-21(32)26(20,3)15-30/h5-8,12,18,20-21,30-32H,1,9-11,13-15H2,2-4H3,(H,27,28)/t18-,20+,21-,25+,26+/m1/s1. The van der Waals surface area contributed by atoms with Gasteiger partial charge in [0, 0.05) is 48.0 Å². The molecule has 184 valence electrons. The number of rotatable bonds is 7. The van der Waals surface area contributed by atoms with Crippen LogP contribution in [0.4, 0.5) is 10.8 Å². The molecule has 0 bridgehead atoms. The molecule has 2 aromatic rings. The highest BCUT2D eigenvalue weighted by molar-refractivity contribution is 7.15. The molecular weight excluding hydrogens is 450 g/mol. The Kier molecular flexibility index (Phi) is 6.77. The summed E-state index contributed by atoms with van der Waals surface area (Å²) in [5.74, 6) is 0.0875. The van der Waals surface area contributed by atoms with Gasteiger partial charge in [-0.25, -0.2) is 4.98 Å². The second-order valence-electron chi connectivity index (χ2n) is 10.3. The van der Waals surface area contributed by atoms with E-state index in [0.29, 0.717) is 30.9 Å². The maximum atomic E-state index is 13.2. The zero-order chi connectivity index (χ0) is 24.7. The number of aromatic hydroxyl groups is 1. The average molecular weight is 486 g/mol. The molecule has 0 aliphatic heterocycles. The molecule has 0 unspecified atom stereocenters. The molecule has 1 saturated carbocycles. The average Bonchev–Trinajstić information content (AvgIpc) is 3.20. The van der Waals surface area contributed by atoms with Crippen LogP contribution in [0, 0.1) is 16.7 Å². The third-order valence-corrected chi connectivity index (χ3v) is 9.21. The lowest BCUT2D eigenvalue weighted by Crippen LogP contribution is -2.57. The first-order chi connectivity index (χ1) is 16.1. The number of aliphatic hydroxyl groups excluding tert-OH is 2. The Balaban J connectivity index is 1.75. The van der Waals surface area contributed by atoms with Crippen LogP contribution in [0.5, 0.6) is 5.75 Å². The Labute approximate surface area is 205 Å². The maximum Gasteiger partial charge on any atom is 0.223 e. The third kappa shape index (κ3) is 4.23. The van der Waals surface area contributed by atoms with Gasteiger partial charge in [-0.1, -0.05) is 26.0 Å². The Hall–Kier alpha value is -2.42. The molecule has 1 fully saturated rings. The Morgan fingerprint density at radius 3 is 2.85 bits per heavy atom. The summed E-state index contributed by atoms with van der Waals surface area (Å²) in [6, 6.07) is 6.90. The van der Waals surface area contributed by atoms with Crippen LogP contribution in [0.1, 0.15) is 49.6 Å². The number of amides is 1. The number of carbonyl (C=O) groups is 1. The van der Waals surface area contributed by atoms with Gasteiger partial charge in [0.05, 0.1) is 18.4 Å². The number of hydrogen-bond donors (Lipinski definition) is 4. The summed E-state index contributed by atoms with van der Waals surface area (Å²) in [7, 11) is 1.78. The molecule has 0 saturated heterocycles. The number of nitrogens with zero attached hydrogens (tertiary/aromatic N) is 2. The van der Waals surface area contributed by atoms with Gasteiger partial charge in [-0.3, -0.25) is 4.79 Å².